The minimum Gasteiger partial charge on any atom is -0.364 e. The van der Waals surface area contributed by atoms with Crippen LogP contribution in [0.2, 0.25) is 0 Å². The van der Waals surface area contributed by atoms with Gasteiger partial charge in [0.2, 0.25) is 5.91 Å². The van der Waals surface area contributed by atoms with Gasteiger partial charge in [0.1, 0.15) is 5.69 Å². The molecule has 1 aliphatic heterocycles. The quantitative estimate of drug-likeness (QED) is 0.716. The number of aryl methyl sites for hydroxylation is 3. The van der Waals surface area contributed by atoms with Gasteiger partial charge in [-0.15, -0.1) is 0 Å². The molecule has 0 atom stereocenters. The molecular formula is C23H26N4O2. The summed E-state index contributed by atoms with van der Waals surface area (Å²) in [7, 11) is 1.85. The Balaban J connectivity index is 0.000000169. The Kier molecular flexibility index (Phi) is 6.79. The average Bonchev–Trinajstić information content (AvgIpc) is 3.17. The van der Waals surface area contributed by atoms with Crippen molar-refractivity contribution in [1.82, 2.24) is 10.2 Å². The molecule has 6 nitrogen and oxygen atoms in total. The molecule has 4 rings (SSSR count). The topological polar surface area (TPSA) is 92.1 Å². The third-order valence-electron chi connectivity index (χ3n) is 4.97. The number of rotatable bonds is 4. The SMILES string of the molecule is CN1C(=O)CCCc2ccccc21.NC(=O)c1cc(CCc2ccccc2)[nH]n1. The molecule has 2 heterocycles. The summed E-state index contributed by atoms with van der Waals surface area (Å²) < 4.78 is 0. The molecule has 1 aromatic heterocycles. The maximum Gasteiger partial charge on any atom is 0.269 e. The number of aromatic amines is 1. The smallest absolute Gasteiger partial charge is 0.269 e. The maximum absolute atomic E-state index is 11.5. The predicted octanol–water partition coefficient (Wildman–Crippen LogP) is 3.28. The molecule has 1 aliphatic rings. The molecule has 0 spiro atoms. The number of H-pyrrole nitrogens is 1. The number of hydrogen-bond donors (Lipinski definition) is 2. The Morgan fingerprint density at radius 1 is 1.07 bits per heavy atom. The molecule has 3 aromatic rings. The van der Waals surface area contributed by atoms with E-state index < -0.39 is 5.91 Å². The van der Waals surface area contributed by atoms with Crippen LogP contribution >= 0.6 is 0 Å². The molecule has 0 unspecified atom stereocenters. The second-order valence-electron chi connectivity index (χ2n) is 7.06. The van der Waals surface area contributed by atoms with Crippen LogP contribution in [-0.2, 0) is 24.1 Å². The maximum atomic E-state index is 11.5. The van der Waals surface area contributed by atoms with Crippen molar-refractivity contribution in [2.75, 3.05) is 11.9 Å². The third-order valence-corrected chi connectivity index (χ3v) is 4.97. The summed E-state index contributed by atoms with van der Waals surface area (Å²) in [6.45, 7) is 0. The van der Waals surface area contributed by atoms with Crippen molar-refractivity contribution in [1.29, 1.82) is 0 Å². The number of aromatic nitrogens is 2. The van der Waals surface area contributed by atoms with E-state index in [1.54, 1.807) is 11.0 Å². The van der Waals surface area contributed by atoms with E-state index in [-0.39, 0.29) is 5.91 Å². The number of benzene rings is 2. The molecular weight excluding hydrogens is 364 g/mol. The van der Waals surface area contributed by atoms with Gasteiger partial charge in [0, 0.05) is 24.8 Å². The Bertz CT molecular complexity index is 966. The minimum atomic E-state index is -0.498. The van der Waals surface area contributed by atoms with E-state index in [1.807, 2.05) is 43.4 Å². The fourth-order valence-corrected chi connectivity index (χ4v) is 3.32. The van der Waals surface area contributed by atoms with Crippen LogP contribution in [-0.4, -0.2) is 29.1 Å². The van der Waals surface area contributed by atoms with Crippen molar-refractivity contribution < 1.29 is 9.59 Å². The highest BCUT2D eigenvalue weighted by Crippen LogP contribution is 2.25. The van der Waals surface area contributed by atoms with Crippen molar-refractivity contribution in [2.45, 2.75) is 32.1 Å². The van der Waals surface area contributed by atoms with Gasteiger partial charge < -0.3 is 10.6 Å². The minimum absolute atomic E-state index is 0.227. The zero-order valence-corrected chi connectivity index (χ0v) is 16.6. The van der Waals surface area contributed by atoms with Crippen molar-refractivity contribution in [3.63, 3.8) is 0 Å². The van der Waals surface area contributed by atoms with E-state index in [4.69, 9.17) is 5.73 Å². The summed E-state index contributed by atoms with van der Waals surface area (Å²) in [4.78, 5) is 24.1. The lowest BCUT2D eigenvalue weighted by Crippen LogP contribution is -2.24. The highest BCUT2D eigenvalue weighted by molar-refractivity contribution is 5.94. The van der Waals surface area contributed by atoms with E-state index in [0.29, 0.717) is 12.1 Å². The van der Waals surface area contributed by atoms with Gasteiger partial charge in [-0.2, -0.15) is 5.10 Å². The van der Waals surface area contributed by atoms with Gasteiger partial charge in [0.05, 0.1) is 0 Å². The van der Waals surface area contributed by atoms with Crippen LogP contribution in [0.15, 0.2) is 60.7 Å². The van der Waals surface area contributed by atoms with Crippen LogP contribution in [0, 0.1) is 0 Å². The van der Waals surface area contributed by atoms with Crippen molar-refractivity contribution in [3.05, 3.63) is 83.2 Å². The van der Waals surface area contributed by atoms with E-state index in [1.165, 1.54) is 11.1 Å². The number of amides is 2. The first-order valence-electron chi connectivity index (χ1n) is 9.77. The Hall–Kier alpha value is -3.41. The van der Waals surface area contributed by atoms with Gasteiger partial charge in [-0.05, 0) is 48.9 Å². The van der Waals surface area contributed by atoms with E-state index >= 15 is 0 Å². The molecule has 150 valence electrons. The fourth-order valence-electron chi connectivity index (χ4n) is 3.32. The third kappa shape index (κ3) is 5.54. The second kappa shape index (κ2) is 9.68. The summed E-state index contributed by atoms with van der Waals surface area (Å²) in [6, 6.07) is 20.0. The van der Waals surface area contributed by atoms with Gasteiger partial charge in [0.15, 0.2) is 0 Å². The van der Waals surface area contributed by atoms with E-state index in [2.05, 4.69) is 28.4 Å². The molecule has 0 saturated heterocycles. The van der Waals surface area contributed by atoms with Crippen molar-refractivity contribution in [2.24, 2.45) is 5.73 Å². The molecule has 0 fully saturated rings. The lowest BCUT2D eigenvalue weighted by molar-refractivity contribution is -0.118. The molecule has 29 heavy (non-hydrogen) atoms. The summed E-state index contributed by atoms with van der Waals surface area (Å²) in [5.41, 5.74) is 9.96. The molecule has 0 radical (unpaired) electrons. The Morgan fingerprint density at radius 3 is 2.52 bits per heavy atom. The number of nitrogens with two attached hydrogens (primary N) is 1. The normalized spacial score (nSPS) is 13.1. The summed E-state index contributed by atoms with van der Waals surface area (Å²) in [6.07, 6.45) is 4.41. The average molecular weight is 390 g/mol. The predicted molar refractivity (Wildman–Crippen MR) is 114 cm³/mol. The number of carbonyl (C=O) groups excluding carboxylic acids is 2. The van der Waals surface area contributed by atoms with Crippen molar-refractivity contribution >= 4 is 17.5 Å². The zero-order valence-electron chi connectivity index (χ0n) is 16.6. The van der Waals surface area contributed by atoms with E-state index in [0.717, 1.165) is 37.1 Å². The highest BCUT2D eigenvalue weighted by Gasteiger charge is 2.17. The number of nitrogens with zero attached hydrogens (tertiary/aromatic N) is 2. The molecule has 2 amide bonds. The summed E-state index contributed by atoms with van der Waals surface area (Å²) in [5, 5.41) is 6.63. The van der Waals surface area contributed by atoms with Crippen LogP contribution in [0.5, 0.6) is 0 Å². The first kappa shape index (κ1) is 20.3. The Labute approximate surface area is 170 Å². The summed E-state index contributed by atoms with van der Waals surface area (Å²) in [5.74, 6) is -0.271. The number of hydrogen-bond acceptors (Lipinski definition) is 3. The number of primary amides is 1. The second-order valence-corrected chi connectivity index (χ2v) is 7.06. The van der Waals surface area contributed by atoms with Gasteiger partial charge in [-0.1, -0.05) is 48.5 Å². The lowest BCUT2D eigenvalue weighted by Gasteiger charge is -2.16. The number of anilines is 1. The van der Waals surface area contributed by atoms with Crippen LogP contribution < -0.4 is 10.6 Å². The van der Waals surface area contributed by atoms with E-state index in [9.17, 15) is 9.59 Å². The van der Waals surface area contributed by atoms with Gasteiger partial charge >= 0.3 is 0 Å². The Morgan fingerprint density at radius 2 is 1.79 bits per heavy atom. The van der Waals surface area contributed by atoms with Crippen LogP contribution in [0.25, 0.3) is 0 Å². The number of para-hydroxylation sites is 1. The number of carbonyl (C=O) groups is 2. The molecule has 2 aromatic carbocycles. The fraction of sp³-hybridized carbons (Fsp3) is 0.261. The number of nitrogens with one attached hydrogen (secondary N) is 1. The van der Waals surface area contributed by atoms with Crippen LogP contribution in [0.3, 0.4) is 0 Å². The number of fused-ring (bicyclic) bond motifs is 1. The van der Waals surface area contributed by atoms with Gasteiger partial charge in [-0.3, -0.25) is 14.7 Å². The monoisotopic (exact) mass is 390 g/mol. The largest absolute Gasteiger partial charge is 0.364 e. The molecule has 0 aliphatic carbocycles. The molecule has 0 bridgehead atoms. The standard InChI is InChI=1S/C12H13N3O.C11H13NO/c13-12(16)11-8-10(14-15-11)7-6-9-4-2-1-3-5-9;1-12-10-7-3-2-5-9(10)6-4-8-11(12)13/h1-5,8H,6-7H2,(H2,13,16)(H,14,15);2-3,5,7H,4,6,8H2,1H3. The zero-order chi connectivity index (χ0) is 20.6. The highest BCUT2D eigenvalue weighted by atomic mass is 16.2. The van der Waals surface area contributed by atoms with Gasteiger partial charge in [0.25, 0.3) is 5.91 Å². The van der Waals surface area contributed by atoms with Crippen LogP contribution in [0.1, 0.15) is 40.2 Å². The van der Waals surface area contributed by atoms with Crippen molar-refractivity contribution in [3.8, 4) is 0 Å². The molecule has 3 N–H and O–H groups in total. The summed E-state index contributed by atoms with van der Waals surface area (Å²) >= 11 is 0. The first-order valence-corrected chi connectivity index (χ1v) is 9.77. The molecule has 6 heteroatoms. The molecule has 0 saturated carbocycles. The van der Waals surface area contributed by atoms with Crippen LogP contribution in [0.4, 0.5) is 5.69 Å². The first-order chi connectivity index (χ1) is 14.0. The lowest BCUT2D eigenvalue weighted by atomic mass is 10.1. The van der Waals surface area contributed by atoms with Gasteiger partial charge in [-0.25, -0.2) is 0 Å².